The molecule has 0 amide bonds. The van der Waals surface area contributed by atoms with E-state index in [1.54, 1.807) is 24.4 Å². The van der Waals surface area contributed by atoms with Gasteiger partial charge >= 0.3 is 5.97 Å². The van der Waals surface area contributed by atoms with Gasteiger partial charge in [0.05, 0.1) is 5.92 Å². The number of rotatable bonds is 3. The molecule has 0 aliphatic rings. The summed E-state index contributed by atoms with van der Waals surface area (Å²) < 4.78 is 13.1. The van der Waals surface area contributed by atoms with E-state index >= 15 is 0 Å². The van der Waals surface area contributed by atoms with Crippen LogP contribution in [0.4, 0.5) is 4.39 Å². The Balaban J connectivity index is 2.33. The van der Waals surface area contributed by atoms with E-state index in [0.717, 1.165) is 16.0 Å². The van der Waals surface area contributed by atoms with Crippen LogP contribution in [0.5, 0.6) is 0 Å². The van der Waals surface area contributed by atoms with E-state index in [2.05, 4.69) is 0 Å². The quantitative estimate of drug-likeness (QED) is 0.901. The van der Waals surface area contributed by atoms with Crippen molar-refractivity contribution in [2.24, 2.45) is 0 Å². The monoisotopic (exact) mass is 250 g/mol. The zero-order valence-electron chi connectivity index (χ0n) is 9.18. The predicted molar refractivity (Wildman–Crippen MR) is 65.8 cm³/mol. The van der Waals surface area contributed by atoms with E-state index < -0.39 is 11.9 Å². The minimum atomic E-state index is -0.853. The summed E-state index contributed by atoms with van der Waals surface area (Å²) in [5.74, 6) is -1.68. The maximum Gasteiger partial charge on any atom is 0.310 e. The van der Waals surface area contributed by atoms with Gasteiger partial charge in [-0.25, -0.2) is 4.39 Å². The lowest BCUT2D eigenvalue weighted by Crippen LogP contribution is -2.05. The SMILES string of the molecule is CC(C(=O)O)c1csc(-c2cccc(F)c2)c1. The fraction of sp³-hybridized carbons (Fsp3) is 0.154. The molecule has 1 aromatic carbocycles. The second-order valence-corrected chi connectivity index (χ2v) is 4.73. The molecule has 1 N–H and O–H groups in total. The number of carbonyl (C=O) groups is 1. The van der Waals surface area contributed by atoms with Gasteiger partial charge in [0.2, 0.25) is 0 Å². The second-order valence-electron chi connectivity index (χ2n) is 3.81. The van der Waals surface area contributed by atoms with Gasteiger partial charge in [-0.3, -0.25) is 4.79 Å². The molecule has 2 nitrogen and oxygen atoms in total. The van der Waals surface area contributed by atoms with E-state index in [1.807, 2.05) is 6.07 Å². The lowest BCUT2D eigenvalue weighted by atomic mass is 10.0. The Labute approximate surface area is 102 Å². The van der Waals surface area contributed by atoms with Crippen LogP contribution in [0.15, 0.2) is 35.7 Å². The number of hydrogen-bond acceptors (Lipinski definition) is 2. The largest absolute Gasteiger partial charge is 0.481 e. The Bertz CT molecular complexity index is 548. The number of thiophene rings is 1. The summed E-state index contributed by atoms with van der Waals surface area (Å²) in [5, 5.41) is 10.7. The van der Waals surface area contributed by atoms with Crippen molar-refractivity contribution >= 4 is 17.3 Å². The smallest absolute Gasteiger partial charge is 0.310 e. The number of hydrogen-bond donors (Lipinski definition) is 1. The first-order chi connectivity index (χ1) is 8.08. The zero-order chi connectivity index (χ0) is 12.4. The molecule has 0 aliphatic carbocycles. The van der Waals surface area contributed by atoms with Gasteiger partial charge in [-0.05, 0) is 41.6 Å². The average Bonchev–Trinajstić information content (AvgIpc) is 2.77. The molecule has 2 rings (SSSR count). The first kappa shape index (κ1) is 11.8. The molecule has 0 saturated carbocycles. The van der Waals surface area contributed by atoms with E-state index in [0.29, 0.717) is 0 Å². The average molecular weight is 250 g/mol. The highest BCUT2D eigenvalue weighted by Crippen LogP contribution is 2.30. The van der Waals surface area contributed by atoms with Crippen molar-refractivity contribution in [1.29, 1.82) is 0 Å². The second kappa shape index (κ2) is 4.67. The molecule has 17 heavy (non-hydrogen) atoms. The molecule has 88 valence electrons. The van der Waals surface area contributed by atoms with Crippen LogP contribution in [0.1, 0.15) is 18.4 Å². The molecule has 1 unspecified atom stereocenters. The van der Waals surface area contributed by atoms with Crippen molar-refractivity contribution in [2.45, 2.75) is 12.8 Å². The molecule has 0 radical (unpaired) electrons. The molecule has 0 bridgehead atoms. The highest BCUT2D eigenvalue weighted by Gasteiger charge is 2.15. The van der Waals surface area contributed by atoms with Crippen LogP contribution >= 0.6 is 11.3 Å². The maximum absolute atomic E-state index is 13.1. The number of carboxylic acids is 1. The van der Waals surface area contributed by atoms with Crippen molar-refractivity contribution in [2.75, 3.05) is 0 Å². The van der Waals surface area contributed by atoms with E-state index in [-0.39, 0.29) is 5.82 Å². The third-order valence-corrected chi connectivity index (χ3v) is 3.60. The predicted octanol–water partition coefficient (Wildman–Crippen LogP) is 3.74. The molecule has 4 heteroatoms. The number of benzene rings is 1. The minimum Gasteiger partial charge on any atom is -0.481 e. The molecule has 0 spiro atoms. The van der Waals surface area contributed by atoms with Crippen LogP contribution in [-0.4, -0.2) is 11.1 Å². The van der Waals surface area contributed by atoms with E-state index in [9.17, 15) is 9.18 Å². The van der Waals surface area contributed by atoms with Crippen molar-refractivity contribution in [1.82, 2.24) is 0 Å². The first-order valence-electron chi connectivity index (χ1n) is 5.15. The van der Waals surface area contributed by atoms with Crippen LogP contribution in [0.25, 0.3) is 10.4 Å². The normalized spacial score (nSPS) is 12.4. The molecule has 0 saturated heterocycles. The summed E-state index contributed by atoms with van der Waals surface area (Å²) in [6, 6.07) is 8.09. The van der Waals surface area contributed by atoms with Gasteiger partial charge < -0.3 is 5.11 Å². The highest BCUT2D eigenvalue weighted by molar-refractivity contribution is 7.13. The van der Waals surface area contributed by atoms with Crippen LogP contribution < -0.4 is 0 Å². The Morgan fingerprint density at radius 1 is 1.41 bits per heavy atom. The van der Waals surface area contributed by atoms with Gasteiger partial charge in [0.1, 0.15) is 5.82 Å². The summed E-state index contributed by atoms with van der Waals surface area (Å²) >= 11 is 1.43. The van der Waals surface area contributed by atoms with E-state index in [1.165, 1.54) is 23.5 Å². The summed E-state index contributed by atoms with van der Waals surface area (Å²) in [6.07, 6.45) is 0. The van der Waals surface area contributed by atoms with Crippen LogP contribution in [0.2, 0.25) is 0 Å². The third kappa shape index (κ3) is 2.53. The van der Waals surface area contributed by atoms with Crippen molar-refractivity contribution in [3.63, 3.8) is 0 Å². The molecular weight excluding hydrogens is 239 g/mol. The van der Waals surface area contributed by atoms with Gasteiger partial charge in [-0.1, -0.05) is 12.1 Å². The van der Waals surface area contributed by atoms with Crippen LogP contribution in [0, 0.1) is 5.82 Å². The molecule has 2 aromatic rings. The standard InChI is InChI=1S/C13H11FO2S/c1-8(13(15)16)10-6-12(17-7-10)9-3-2-4-11(14)5-9/h2-8H,1H3,(H,15,16). The van der Waals surface area contributed by atoms with Gasteiger partial charge in [-0.15, -0.1) is 11.3 Å². The van der Waals surface area contributed by atoms with Crippen molar-refractivity contribution in [3.8, 4) is 10.4 Å². The highest BCUT2D eigenvalue weighted by atomic mass is 32.1. The van der Waals surface area contributed by atoms with Gasteiger partial charge in [0.25, 0.3) is 0 Å². The summed E-state index contributed by atoms with van der Waals surface area (Å²) in [5.41, 5.74) is 1.53. The third-order valence-electron chi connectivity index (χ3n) is 2.60. The lowest BCUT2D eigenvalue weighted by Gasteiger charge is -2.01. The fourth-order valence-electron chi connectivity index (χ4n) is 1.51. The minimum absolute atomic E-state index is 0.288. The number of carboxylic acid groups (broad SMARTS) is 1. The first-order valence-corrected chi connectivity index (χ1v) is 6.03. The molecule has 1 aromatic heterocycles. The molecule has 1 heterocycles. The Morgan fingerprint density at radius 3 is 2.82 bits per heavy atom. The van der Waals surface area contributed by atoms with Crippen molar-refractivity contribution < 1.29 is 14.3 Å². The van der Waals surface area contributed by atoms with Gasteiger partial charge in [0, 0.05) is 4.88 Å². The van der Waals surface area contributed by atoms with Crippen LogP contribution in [-0.2, 0) is 4.79 Å². The summed E-state index contributed by atoms with van der Waals surface area (Å²) in [7, 11) is 0. The molecule has 0 aliphatic heterocycles. The Hall–Kier alpha value is -1.68. The Kier molecular flexibility index (Phi) is 3.24. The maximum atomic E-state index is 13.1. The van der Waals surface area contributed by atoms with Gasteiger partial charge in [-0.2, -0.15) is 0 Å². The lowest BCUT2D eigenvalue weighted by molar-refractivity contribution is -0.138. The molecular formula is C13H11FO2S. The van der Waals surface area contributed by atoms with Crippen molar-refractivity contribution in [3.05, 3.63) is 47.1 Å². The van der Waals surface area contributed by atoms with E-state index in [4.69, 9.17) is 5.11 Å². The summed E-state index contributed by atoms with van der Waals surface area (Å²) in [4.78, 5) is 11.7. The molecule has 1 atom stereocenters. The fourth-order valence-corrected chi connectivity index (χ4v) is 2.52. The molecule has 0 fully saturated rings. The number of aliphatic carboxylic acids is 1. The Morgan fingerprint density at radius 2 is 2.18 bits per heavy atom. The summed E-state index contributed by atoms with van der Waals surface area (Å²) in [6.45, 7) is 1.64. The zero-order valence-corrected chi connectivity index (χ0v) is 10.00. The van der Waals surface area contributed by atoms with Gasteiger partial charge in [0.15, 0.2) is 0 Å². The topological polar surface area (TPSA) is 37.3 Å². The number of halogens is 1. The van der Waals surface area contributed by atoms with Crippen LogP contribution in [0.3, 0.4) is 0 Å².